The predicted octanol–water partition coefficient (Wildman–Crippen LogP) is 1.28. The van der Waals surface area contributed by atoms with Crippen LogP contribution < -0.4 is 15.8 Å². The van der Waals surface area contributed by atoms with Crippen molar-refractivity contribution in [2.45, 2.75) is 6.54 Å². The van der Waals surface area contributed by atoms with Gasteiger partial charge in [0, 0.05) is 49.7 Å². The van der Waals surface area contributed by atoms with E-state index in [1.165, 1.54) is 29.2 Å². The SMILES string of the molecule is O=C(NCCn1nc(-c2ccc(F)cc2)ccc1=O)C1CN(c2cc(-n3cccn3)ncn2)C1. The molecule has 4 aromatic rings. The fourth-order valence-electron chi connectivity index (χ4n) is 3.68. The topological polar surface area (TPSA) is 111 Å². The summed E-state index contributed by atoms with van der Waals surface area (Å²) in [6.45, 7) is 1.58. The van der Waals surface area contributed by atoms with Gasteiger partial charge < -0.3 is 10.2 Å². The van der Waals surface area contributed by atoms with Gasteiger partial charge in [0.15, 0.2) is 5.82 Å². The maximum atomic E-state index is 13.2. The quantitative estimate of drug-likeness (QED) is 0.442. The highest BCUT2D eigenvalue weighted by Gasteiger charge is 2.33. The number of hydrogen-bond donors (Lipinski definition) is 1. The van der Waals surface area contributed by atoms with Gasteiger partial charge in [-0.15, -0.1) is 0 Å². The van der Waals surface area contributed by atoms with E-state index in [1.807, 2.05) is 17.0 Å². The van der Waals surface area contributed by atoms with E-state index in [0.717, 1.165) is 5.82 Å². The van der Waals surface area contributed by atoms with Crippen LogP contribution in [0.4, 0.5) is 10.2 Å². The fraction of sp³-hybridized carbons (Fsp3) is 0.217. The van der Waals surface area contributed by atoms with E-state index in [1.54, 1.807) is 35.3 Å². The summed E-state index contributed by atoms with van der Waals surface area (Å²) in [6.07, 6.45) is 4.95. The lowest BCUT2D eigenvalue weighted by Gasteiger charge is -2.39. The first-order valence-electron chi connectivity index (χ1n) is 10.8. The van der Waals surface area contributed by atoms with Crippen molar-refractivity contribution in [2.75, 3.05) is 24.5 Å². The zero-order valence-corrected chi connectivity index (χ0v) is 18.1. The van der Waals surface area contributed by atoms with Crippen LogP contribution >= 0.6 is 0 Å². The van der Waals surface area contributed by atoms with E-state index in [-0.39, 0.29) is 36.3 Å². The van der Waals surface area contributed by atoms with Gasteiger partial charge >= 0.3 is 0 Å². The number of aromatic nitrogens is 6. The Morgan fingerprint density at radius 1 is 1.09 bits per heavy atom. The number of amides is 1. The first-order valence-corrected chi connectivity index (χ1v) is 10.8. The summed E-state index contributed by atoms with van der Waals surface area (Å²) in [5.41, 5.74) is 0.987. The third kappa shape index (κ3) is 4.53. The van der Waals surface area contributed by atoms with Gasteiger partial charge in [0.25, 0.3) is 5.56 Å². The molecule has 0 aliphatic carbocycles. The van der Waals surface area contributed by atoms with E-state index in [0.29, 0.717) is 30.2 Å². The van der Waals surface area contributed by atoms with Crippen LogP contribution in [0.25, 0.3) is 17.1 Å². The maximum Gasteiger partial charge on any atom is 0.266 e. The number of benzene rings is 1. The molecule has 34 heavy (non-hydrogen) atoms. The second kappa shape index (κ2) is 9.22. The lowest BCUT2D eigenvalue weighted by Crippen LogP contribution is -2.54. The Hall–Kier alpha value is -4.41. The first kappa shape index (κ1) is 21.4. The molecule has 10 nitrogen and oxygen atoms in total. The van der Waals surface area contributed by atoms with Crippen molar-refractivity contribution in [2.24, 2.45) is 5.92 Å². The zero-order chi connectivity index (χ0) is 23.5. The second-order valence-electron chi connectivity index (χ2n) is 7.86. The summed E-state index contributed by atoms with van der Waals surface area (Å²) >= 11 is 0. The van der Waals surface area contributed by atoms with E-state index in [2.05, 4.69) is 25.5 Å². The molecule has 172 valence electrons. The smallest absolute Gasteiger partial charge is 0.266 e. The minimum absolute atomic E-state index is 0.0830. The molecule has 1 fully saturated rings. The van der Waals surface area contributed by atoms with Gasteiger partial charge in [0.1, 0.15) is 18.0 Å². The van der Waals surface area contributed by atoms with E-state index in [9.17, 15) is 14.0 Å². The molecule has 4 heterocycles. The summed E-state index contributed by atoms with van der Waals surface area (Å²) in [5.74, 6) is 0.799. The molecule has 11 heteroatoms. The Morgan fingerprint density at radius 3 is 2.65 bits per heavy atom. The minimum Gasteiger partial charge on any atom is -0.355 e. The third-order valence-electron chi connectivity index (χ3n) is 5.58. The summed E-state index contributed by atoms with van der Waals surface area (Å²) in [7, 11) is 0. The molecule has 0 bridgehead atoms. The summed E-state index contributed by atoms with van der Waals surface area (Å²) in [5, 5.41) is 11.4. The molecule has 1 amide bonds. The highest BCUT2D eigenvalue weighted by atomic mass is 19.1. The second-order valence-corrected chi connectivity index (χ2v) is 7.86. The van der Waals surface area contributed by atoms with Crippen LogP contribution in [0.5, 0.6) is 0 Å². The largest absolute Gasteiger partial charge is 0.355 e. The lowest BCUT2D eigenvalue weighted by molar-refractivity contribution is -0.125. The molecule has 1 aliphatic rings. The van der Waals surface area contributed by atoms with Gasteiger partial charge in [-0.2, -0.15) is 10.2 Å². The standard InChI is InChI=1S/C23H21FN8O2/c24-18-4-2-16(3-5-18)19-6-7-22(33)32(29-19)11-9-25-23(34)17-13-30(14-17)20-12-21(27-15-26-20)31-10-1-8-28-31/h1-8,10,12,15,17H,9,11,13-14H2,(H,25,34). The monoisotopic (exact) mass is 460 g/mol. The molecule has 3 aromatic heterocycles. The molecule has 1 aliphatic heterocycles. The van der Waals surface area contributed by atoms with E-state index in [4.69, 9.17) is 0 Å². The molecule has 5 rings (SSSR count). The Morgan fingerprint density at radius 2 is 1.88 bits per heavy atom. The summed E-state index contributed by atoms with van der Waals surface area (Å²) < 4.78 is 16.1. The van der Waals surface area contributed by atoms with E-state index >= 15 is 0 Å². The molecular weight excluding hydrogens is 439 g/mol. The van der Waals surface area contributed by atoms with Crippen molar-refractivity contribution in [3.05, 3.63) is 83.4 Å². The van der Waals surface area contributed by atoms with Crippen molar-refractivity contribution in [3.63, 3.8) is 0 Å². The van der Waals surface area contributed by atoms with Gasteiger partial charge in [0.05, 0.1) is 18.2 Å². The van der Waals surface area contributed by atoms with Crippen molar-refractivity contribution in [1.29, 1.82) is 0 Å². The molecular formula is C23H21FN8O2. The minimum atomic E-state index is -0.340. The Balaban J connectivity index is 1.14. The third-order valence-corrected chi connectivity index (χ3v) is 5.58. The number of nitrogens with one attached hydrogen (secondary N) is 1. The van der Waals surface area contributed by atoms with E-state index < -0.39 is 0 Å². The number of halogens is 1. The van der Waals surface area contributed by atoms with Crippen LogP contribution in [-0.2, 0) is 11.3 Å². The molecule has 1 saturated heterocycles. The number of nitrogens with zero attached hydrogens (tertiary/aromatic N) is 7. The normalized spacial score (nSPS) is 13.5. The fourth-order valence-corrected chi connectivity index (χ4v) is 3.68. The van der Waals surface area contributed by atoms with Crippen molar-refractivity contribution in [1.82, 2.24) is 34.8 Å². The van der Waals surface area contributed by atoms with Crippen LogP contribution in [-0.4, -0.2) is 55.1 Å². The zero-order valence-electron chi connectivity index (χ0n) is 18.1. The molecule has 0 spiro atoms. The number of carbonyl (C=O) groups excluding carboxylic acids is 1. The van der Waals surface area contributed by atoms with Gasteiger partial charge in [-0.25, -0.2) is 23.7 Å². The van der Waals surface area contributed by atoms with Crippen LogP contribution in [0.1, 0.15) is 0 Å². The highest BCUT2D eigenvalue weighted by Crippen LogP contribution is 2.23. The van der Waals surface area contributed by atoms with Crippen LogP contribution in [0.15, 0.2) is 72.0 Å². The van der Waals surface area contributed by atoms with Gasteiger partial charge in [-0.3, -0.25) is 9.59 Å². The average molecular weight is 460 g/mol. The highest BCUT2D eigenvalue weighted by molar-refractivity contribution is 5.81. The van der Waals surface area contributed by atoms with Crippen LogP contribution in [0.3, 0.4) is 0 Å². The van der Waals surface area contributed by atoms with Crippen molar-refractivity contribution < 1.29 is 9.18 Å². The van der Waals surface area contributed by atoms with Crippen molar-refractivity contribution >= 4 is 11.7 Å². The molecule has 0 saturated carbocycles. The molecule has 0 radical (unpaired) electrons. The summed E-state index contributed by atoms with van der Waals surface area (Å²) in [6, 6.07) is 12.5. The predicted molar refractivity (Wildman–Crippen MR) is 122 cm³/mol. The molecule has 0 unspecified atom stereocenters. The Labute approximate surface area is 193 Å². The van der Waals surface area contributed by atoms with Gasteiger partial charge in [0.2, 0.25) is 5.91 Å². The van der Waals surface area contributed by atoms with Gasteiger partial charge in [-0.1, -0.05) is 0 Å². The maximum absolute atomic E-state index is 13.2. The molecule has 1 N–H and O–H groups in total. The molecule has 0 atom stereocenters. The average Bonchev–Trinajstić information content (AvgIpc) is 3.35. The number of rotatable bonds is 7. The lowest BCUT2D eigenvalue weighted by atomic mass is 9.99. The van der Waals surface area contributed by atoms with Gasteiger partial charge in [-0.05, 0) is 36.4 Å². The number of carbonyl (C=O) groups is 1. The Bertz CT molecular complexity index is 1350. The van der Waals surface area contributed by atoms with Crippen LogP contribution in [0.2, 0.25) is 0 Å². The molecule has 1 aromatic carbocycles. The first-order chi connectivity index (χ1) is 16.6. The van der Waals surface area contributed by atoms with Crippen LogP contribution in [0, 0.1) is 11.7 Å². The number of anilines is 1. The number of hydrogen-bond acceptors (Lipinski definition) is 7. The Kier molecular flexibility index (Phi) is 5.81. The van der Waals surface area contributed by atoms with Crippen molar-refractivity contribution in [3.8, 4) is 17.1 Å². The summed E-state index contributed by atoms with van der Waals surface area (Å²) in [4.78, 5) is 35.2.